The highest BCUT2D eigenvalue weighted by Crippen LogP contribution is 2.47. The van der Waals surface area contributed by atoms with Gasteiger partial charge in [0.1, 0.15) is 22.7 Å². The van der Waals surface area contributed by atoms with Gasteiger partial charge in [-0.25, -0.2) is 0 Å². The van der Waals surface area contributed by atoms with Crippen molar-refractivity contribution in [3.05, 3.63) is 81.4 Å². The van der Waals surface area contributed by atoms with Crippen LogP contribution in [0.1, 0.15) is 45.0 Å². The van der Waals surface area contributed by atoms with E-state index >= 15 is 0 Å². The summed E-state index contributed by atoms with van der Waals surface area (Å²) in [6.45, 7) is 8.27. The van der Waals surface area contributed by atoms with Gasteiger partial charge in [0.2, 0.25) is 5.52 Å². The second-order valence-corrected chi connectivity index (χ2v) is 11.0. The van der Waals surface area contributed by atoms with E-state index in [0.717, 1.165) is 43.6 Å². The summed E-state index contributed by atoms with van der Waals surface area (Å²) in [6.07, 6.45) is 12.4. The average molecular weight is 504 g/mol. The van der Waals surface area contributed by atoms with Crippen LogP contribution in [-0.4, -0.2) is 16.8 Å². The molecule has 2 aromatic carbocycles. The molecule has 0 fully saturated rings. The van der Waals surface area contributed by atoms with Gasteiger partial charge < -0.3 is 15.1 Å². The van der Waals surface area contributed by atoms with E-state index < -0.39 is 0 Å². The number of allylic oxidation sites excluding steroid dienone is 6. The van der Waals surface area contributed by atoms with Gasteiger partial charge in [-0.2, -0.15) is 4.57 Å². The number of aryl methyl sites for hydroxylation is 1. The van der Waals surface area contributed by atoms with Gasteiger partial charge in [-0.15, -0.1) is 0 Å². The minimum absolute atomic E-state index is 0.310. The molecule has 4 nitrogen and oxygen atoms in total. The summed E-state index contributed by atoms with van der Waals surface area (Å²) in [5, 5.41) is 22.2. The van der Waals surface area contributed by atoms with E-state index in [0.29, 0.717) is 11.5 Å². The molecule has 2 aliphatic rings. The number of phenols is 2. The molecule has 0 saturated heterocycles. The Hall–Kier alpha value is -2.96. The highest BCUT2D eigenvalue weighted by Gasteiger charge is 2.24. The highest BCUT2D eigenvalue weighted by atomic mass is 32.2. The maximum Gasteiger partial charge on any atom is 0.262 e. The third kappa shape index (κ3) is 4.65. The molecule has 180 valence electrons. The molecule has 1 aliphatic carbocycles. The number of fused-ring (bicyclic) bond motifs is 2. The fourth-order valence-corrected chi connectivity index (χ4v) is 7.11. The Labute approximate surface area is 215 Å². The van der Waals surface area contributed by atoms with E-state index in [4.69, 9.17) is 0 Å². The van der Waals surface area contributed by atoms with E-state index in [9.17, 15) is 10.2 Å². The number of hydrogen-bond donors (Lipinski definition) is 2. The van der Waals surface area contributed by atoms with Crippen LogP contribution >= 0.6 is 23.1 Å². The molecule has 1 aliphatic heterocycles. The van der Waals surface area contributed by atoms with Gasteiger partial charge in [0.25, 0.3) is 5.01 Å². The van der Waals surface area contributed by atoms with E-state index in [1.807, 2.05) is 24.3 Å². The normalized spacial score (nSPS) is 18.5. The van der Waals surface area contributed by atoms with Gasteiger partial charge in [-0.05, 0) is 87.1 Å². The van der Waals surface area contributed by atoms with Crippen molar-refractivity contribution in [2.45, 2.75) is 51.5 Å². The average Bonchev–Trinajstić information content (AvgIpc) is 3.38. The summed E-state index contributed by atoms with van der Waals surface area (Å²) < 4.78 is 3.46. The second kappa shape index (κ2) is 9.96. The minimum Gasteiger partial charge on any atom is -0.508 e. The number of benzene rings is 2. The molecule has 1 aromatic heterocycles. The quantitative estimate of drug-likeness (QED) is 0.353. The number of thioether (sulfide) groups is 1. The fourth-order valence-electron chi connectivity index (χ4n) is 4.89. The zero-order valence-corrected chi connectivity index (χ0v) is 22.0. The zero-order valence-electron chi connectivity index (χ0n) is 20.4. The lowest BCUT2D eigenvalue weighted by atomic mass is 9.88. The van der Waals surface area contributed by atoms with Crippen LogP contribution in [0.25, 0.3) is 16.3 Å². The topological polar surface area (TPSA) is 47.6 Å². The molecular formula is C29H31N2O2S2+. The molecule has 3 aromatic rings. The third-order valence-corrected chi connectivity index (χ3v) is 9.03. The summed E-state index contributed by atoms with van der Waals surface area (Å²) in [5.74, 6) is 0.620. The van der Waals surface area contributed by atoms with Crippen molar-refractivity contribution in [1.82, 2.24) is 0 Å². The Balaban J connectivity index is 1.42. The lowest BCUT2D eigenvalue weighted by Gasteiger charge is -2.20. The van der Waals surface area contributed by atoms with E-state index in [2.05, 4.69) is 54.5 Å². The maximum atomic E-state index is 9.92. The van der Waals surface area contributed by atoms with Crippen LogP contribution in [0.15, 0.2) is 81.3 Å². The number of thiazole rings is 1. The Morgan fingerprint density at radius 2 is 1.80 bits per heavy atom. The summed E-state index contributed by atoms with van der Waals surface area (Å²) >= 11 is 3.53. The van der Waals surface area contributed by atoms with Crippen molar-refractivity contribution in [3.8, 4) is 11.5 Å². The van der Waals surface area contributed by atoms with Crippen LogP contribution in [0.5, 0.6) is 11.5 Å². The first-order valence-electron chi connectivity index (χ1n) is 12.2. The molecule has 2 heterocycles. The van der Waals surface area contributed by atoms with Crippen molar-refractivity contribution in [3.63, 3.8) is 0 Å². The maximum absolute atomic E-state index is 9.92. The van der Waals surface area contributed by atoms with Crippen molar-refractivity contribution in [2.75, 3.05) is 11.4 Å². The van der Waals surface area contributed by atoms with Crippen molar-refractivity contribution in [2.24, 2.45) is 0 Å². The number of phenolic OH excluding ortho intramolecular Hbond substituents is 2. The van der Waals surface area contributed by atoms with Crippen LogP contribution in [0, 0.1) is 0 Å². The minimum atomic E-state index is 0.310. The zero-order chi connectivity index (χ0) is 24.5. The molecule has 6 heteroatoms. The van der Waals surface area contributed by atoms with Crippen LogP contribution in [0.2, 0.25) is 0 Å². The first kappa shape index (κ1) is 23.8. The van der Waals surface area contributed by atoms with Crippen LogP contribution in [0.4, 0.5) is 5.69 Å². The van der Waals surface area contributed by atoms with E-state index in [1.54, 1.807) is 35.2 Å². The van der Waals surface area contributed by atoms with Gasteiger partial charge in [0, 0.05) is 23.6 Å². The van der Waals surface area contributed by atoms with Gasteiger partial charge in [-0.3, -0.25) is 0 Å². The first-order chi connectivity index (χ1) is 17.0. The molecule has 0 bridgehead atoms. The molecule has 0 atom stereocenters. The molecule has 0 amide bonds. The van der Waals surface area contributed by atoms with Crippen LogP contribution in [-0.2, 0) is 6.54 Å². The SMILES string of the molecule is CCN1/C(=C/C=C2CCCC(/C=C/c3sc4ccc(O)cc4[n+]3CC)=C2C)Sc2ccc(O)cc21. The number of anilines is 1. The van der Waals surface area contributed by atoms with E-state index in [1.165, 1.54) is 36.4 Å². The van der Waals surface area contributed by atoms with Crippen molar-refractivity contribution in [1.29, 1.82) is 0 Å². The monoisotopic (exact) mass is 503 g/mol. The molecule has 35 heavy (non-hydrogen) atoms. The Morgan fingerprint density at radius 3 is 2.60 bits per heavy atom. The predicted octanol–water partition coefficient (Wildman–Crippen LogP) is 7.53. The smallest absolute Gasteiger partial charge is 0.262 e. The summed E-state index contributed by atoms with van der Waals surface area (Å²) in [4.78, 5) is 3.46. The van der Waals surface area contributed by atoms with Crippen molar-refractivity contribution >= 4 is 45.1 Å². The molecule has 0 unspecified atom stereocenters. The van der Waals surface area contributed by atoms with Gasteiger partial charge in [0.15, 0.2) is 0 Å². The number of hydrogen-bond acceptors (Lipinski definition) is 5. The Bertz CT molecular complexity index is 1410. The molecular weight excluding hydrogens is 472 g/mol. The number of aromatic nitrogens is 1. The molecule has 2 N–H and O–H groups in total. The lowest BCUT2D eigenvalue weighted by molar-refractivity contribution is -0.665. The predicted molar refractivity (Wildman–Crippen MR) is 148 cm³/mol. The Kier molecular flexibility index (Phi) is 6.76. The van der Waals surface area contributed by atoms with Crippen molar-refractivity contribution < 1.29 is 14.8 Å². The standard InChI is InChI=1S/C29H30N2O2S2/c1-4-30-24-17-22(32)11-13-26(24)34-28(30)15-9-20-7-6-8-21(19(20)3)10-16-29-31(5-2)25-18-23(33)12-14-27(25)35-29/h9-18H,4-8H2,1-3H3,(H-,32,33)/p+1. The number of nitrogens with zero attached hydrogens (tertiary/aromatic N) is 2. The first-order valence-corrected chi connectivity index (χ1v) is 13.8. The van der Waals surface area contributed by atoms with Gasteiger partial charge in [-0.1, -0.05) is 35.3 Å². The lowest BCUT2D eigenvalue weighted by Crippen LogP contribution is -2.33. The summed E-state index contributed by atoms with van der Waals surface area (Å²) in [5.41, 5.74) is 6.32. The fraction of sp³-hybridized carbons (Fsp3) is 0.276. The summed E-state index contributed by atoms with van der Waals surface area (Å²) in [7, 11) is 0. The largest absolute Gasteiger partial charge is 0.508 e. The van der Waals surface area contributed by atoms with Crippen LogP contribution in [0.3, 0.4) is 0 Å². The molecule has 5 rings (SSSR count). The summed E-state index contributed by atoms with van der Waals surface area (Å²) in [6, 6.07) is 11.2. The third-order valence-electron chi connectivity index (χ3n) is 6.77. The van der Waals surface area contributed by atoms with Gasteiger partial charge >= 0.3 is 0 Å². The Morgan fingerprint density at radius 1 is 1.00 bits per heavy atom. The molecule has 0 spiro atoms. The highest BCUT2D eigenvalue weighted by molar-refractivity contribution is 8.03. The van der Waals surface area contributed by atoms with Gasteiger partial charge in [0.05, 0.1) is 16.8 Å². The molecule has 0 radical (unpaired) electrons. The number of aromatic hydroxyl groups is 2. The van der Waals surface area contributed by atoms with E-state index in [-0.39, 0.29) is 0 Å². The second-order valence-electron chi connectivity index (χ2n) is 8.87. The molecule has 0 saturated carbocycles. The van der Waals surface area contributed by atoms with Crippen LogP contribution < -0.4 is 9.47 Å². The number of rotatable bonds is 5.